The molecule has 3 heterocycles. The van der Waals surface area contributed by atoms with E-state index in [1.807, 2.05) is 12.1 Å². The van der Waals surface area contributed by atoms with E-state index in [1.54, 1.807) is 24.5 Å². The molecule has 3 aromatic rings. The fourth-order valence-corrected chi connectivity index (χ4v) is 2.58. The highest BCUT2D eigenvalue weighted by Crippen LogP contribution is 2.28. The Balaban J connectivity index is 2.09. The van der Waals surface area contributed by atoms with Gasteiger partial charge in [0.1, 0.15) is 21.0 Å². The van der Waals surface area contributed by atoms with Crippen molar-refractivity contribution in [1.29, 1.82) is 0 Å². The van der Waals surface area contributed by atoms with Gasteiger partial charge in [0.05, 0.1) is 7.11 Å². The molecule has 6 heteroatoms. The lowest BCUT2D eigenvalue weighted by Crippen LogP contribution is -2.03. The van der Waals surface area contributed by atoms with E-state index < -0.39 is 5.97 Å². The molecule has 0 aliphatic rings. The Bertz CT molecular complexity index is 740. The molecule has 0 aliphatic carbocycles. The Morgan fingerprint density at radius 1 is 1.26 bits per heavy atom. The molecule has 0 aliphatic heterocycles. The second kappa shape index (κ2) is 4.74. The number of aromatic nitrogens is 3. The number of methoxy groups -OCH3 is 1. The van der Waals surface area contributed by atoms with E-state index in [2.05, 4.69) is 19.7 Å². The number of rotatable bonds is 2. The van der Waals surface area contributed by atoms with Crippen molar-refractivity contribution in [3.05, 3.63) is 42.4 Å². The fourth-order valence-electron chi connectivity index (χ4n) is 1.65. The number of hydrogen-bond donors (Lipinski definition) is 0. The Kier molecular flexibility index (Phi) is 2.92. The van der Waals surface area contributed by atoms with Gasteiger partial charge in [-0.2, -0.15) is 0 Å². The van der Waals surface area contributed by atoms with Crippen molar-refractivity contribution >= 4 is 27.7 Å². The van der Waals surface area contributed by atoms with E-state index in [1.165, 1.54) is 18.4 Å². The van der Waals surface area contributed by atoms with Crippen LogP contribution in [0.2, 0.25) is 0 Å². The summed E-state index contributed by atoms with van der Waals surface area (Å²) in [4.78, 5) is 24.9. The Hall–Kier alpha value is -2.34. The Morgan fingerprint density at radius 2 is 2.16 bits per heavy atom. The van der Waals surface area contributed by atoms with Gasteiger partial charge in [0, 0.05) is 18.0 Å². The van der Waals surface area contributed by atoms with Gasteiger partial charge in [0.25, 0.3) is 0 Å². The number of carbonyl (C=O) groups is 1. The van der Waals surface area contributed by atoms with Gasteiger partial charge in [-0.3, -0.25) is 4.98 Å². The lowest BCUT2D eigenvalue weighted by molar-refractivity contribution is 0.0594. The van der Waals surface area contributed by atoms with Crippen molar-refractivity contribution in [1.82, 2.24) is 15.0 Å². The fraction of sp³-hybridized carbons (Fsp3) is 0.0769. The van der Waals surface area contributed by atoms with Crippen LogP contribution in [0.1, 0.15) is 10.5 Å². The summed E-state index contributed by atoms with van der Waals surface area (Å²) in [5.74, 6) is -0.446. The van der Waals surface area contributed by atoms with E-state index in [0.717, 1.165) is 16.1 Å². The van der Waals surface area contributed by atoms with E-state index in [-0.39, 0.29) is 5.69 Å². The van der Waals surface area contributed by atoms with E-state index in [4.69, 9.17) is 0 Å². The van der Waals surface area contributed by atoms with E-state index in [0.29, 0.717) is 4.83 Å². The number of ether oxygens (including phenoxy) is 1. The molecule has 0 amide bonds. The largest absolute Gasteiger partial charge is 0.464 e. The van der Waals surface area contributed by atoms with Crippen LogP contribution in [0.5, 0.6) is 0 Å². The smallest absolute Gasteiger partial charge is 0.356 e. The molecular formula is C13H9N3O2S. The van der Waals surface area contributed by atoms with Crippen molar-refractivity contribution in [3.8, 4) is 10.6 Å². The van der Waals surface area contributed by atoms with Gasteiger partial charge >= 0.3 is 5.97 Å². The first-order valence-electron chi connectivity index (χ1n) is 5.54. The minimum Gasteiger partial charge on any atom is -0.464 e. The molecule has 0 spiro atoms. The zero-order chi connectivity index (χ0) is 13.2. The number of hydrogen-bond acceptors (Lipinski definition) is 6. The molecule has 0 fully saturated rings. The molecule has 0 saturated heterocycles. The summed E-state index contributed by atoms with van der Waals surface area (Å²) >= 11 is 1.42. The van der Waals surface area contributed by atoms with Gasteiger partial charge in [-0.05, 0) is 24.3 Å². The van der Waals surface area contributed by atoms with Crippen LogP contribution in [0.15, 0.2) is 36.7 Å². The van der Waals surface area contributed by atoms with Crippen LogP contribution in [-0.2, 0) is 4.74 Å². The van der Waals surface area contributed by atoms with Gasteiger partial charge in [-0.15, -0.1) is 0 Å². The molecular weight excluding hydrogens is 262 g/mol. The van der Waals surface area contributed by atoms with Crippen molar-refractivity contribution in [2.24, 2.45) is 0 Å². The van der Waals surface area contributed by atoms with Crippen molar-refractivity contribution in [3.63, 3.8) is 0 Å². The third kappa shape index (κ3) is 2.17. The van der Waals surface area contributed by atoms with Crippen molar-refractivity contribution < 1.29 is 9.53 Å². The average molecular weight is 271 g/mol. The zero-order valence-electron chi connectivity index (χ0n) is 10.0. The van der Waals surface area contributed by atoms with Crippen LogP contribution < -0.4 is 0 Å². The van der Waals surface area contributed by atoms with Crippen LogP contribution in [0.4, 0.5) is 0 Å². The molecule has 0 atom stereocenters. The summed E-state index contributed by atoms with van der Waals surface area (Å²) in [6.07, 6.45) is 3.46. The molecule has 3 rings (SSSR count). The van der Waals surface area contributed by atoms with E-state index >= 15 is 0 Å². The number of fused-ring (bicyclic) bond motifs is 1. The van der Waals surface area contributed by atoms with Gasteiger partial charge in [0.15, 0.2) is 0 Å². The summed E-state index contributed by atoms with van der Waals surface area (Å²) in [7, 11) is 1.34. The van der Waals surface area contributed by atoms with Crippen LogP contribution in [0, 0.1) is 0 Å². The van der Waals surface area contributed by atoms with Gasteiger partial charge in [-0.25, -0.2) is 14.8 Å². The highest BCUT2D eigenvalue weighted by atomic mass is 32.1. The average Bonchev–Trinajstić information content (AvgIpc) is 2.90. The third-order valence-corrected chi connectivity index (χ3v) is 3.57. The molecule has 5 nitrogen and oxygen atoms in total. The number of nitrogens with zero attached hydrogens (tertiary/aromatic N) is 3. The molecule has 0 radical (unpaired) electrons. The summed E-state index contributed by atoms with van der Waals surface area (Å²) in [5.41, 5.74) is 1.98. The summed E-state index contributed by atoms with van der Waals surface area (Å²) in [6, 6.07) is 7.17. The van der Waals surface area contributed by atoms with Crippen molar-refractivity contribution in [2.45, 2.75) is 0 Å². The highest BCUT2D eigenvalue weighted by Gasteiger charge is 2.12. The number of carbonyl (C=O) groups excluding carboxylic acids is 1. The van der Waals surface area contributed by atoms with Crippen LogP contribution >= 0.6 is 11.3 Å². The predicted octanol–water partition coefficient (Wildman–Crippen LogP) is 2.54. The van der Waals surface area contributed by atoms with E-state index in [9.17, 15) is 4.79 Å². The van der Waals surface area contributed by atoms with Crippen molar-refractivity contribution in [2.75, 3.05) is 7.11 Å². The molecule has 0 N–H and O–H groups in total. The molecule has 0 aromatic carbocycles. The third-order valence-electron chi connectivity index (χ3n) is 2.56. The highest BCUT2D eigenvalue weighted by molar-refractivity contribution is 7.21. The van der Waals surface area contributed by atoms with Gasteiger partial charge in [0.2, 0.25) is 0 Å². The minimum atomic E-state index is -0.446. The van der Waals surface area contributed by atoms with Gasteiger partial charge in [-0.1, -0.05) is 11.3 Å². The first-order valence-corrected chi connectivity index (χ1v) is 6.36. The van der Waals surface area contributed by atoms with Crippen LogP contribution in [0.3, 0.4) is 0 Å². The maximum Gasteiger partial charge on any atom is 0.356 e. The first kappa shape index (κ1) is 11.7. The molecule has 3 aromatic heterocycles. The predicted molar refractivity (Wildman–Crippen MR) is 72.0 cm³/mol. The van der Waals surface area contributed by atoms with Crippen LogP contribution in [-0.4, -0.2) is 28.0 Å². The Morgan fingerprint density at radius 3 is 2.89 bits per heavy atom. The second-order valence-electron chi connectivity index (χ2n) is 3.77. The number of thiazole rings is 1. The molecule has 0 unspecified atom stereocenters. The molecule has 0 bridgehead atoms. The summed E-state index contributed by atoms with van der Waals surface area (Å²) < 4.78 is 4.65. The first-order chi connectivity index (χ1) is 9.28. The molecule has 94 valence electrons. The topological polar surface area (TPSA) is 65.0 Å². The number of esters is 1. The normalized spacial score (nSPS) is 10.6. The monoisotopic (exact) mass is 271 g/mol. The maximum atomic E-state index is 11.4. The second-order valence-corrected chi connectivity index (χ2v) is 4.75. The summed E-state index contributed by atoms with van der Waals surface area (Å²) in [5, 5.41) is 0.831. The van der Waals surface area contributed by atoms with Gasteiger partial charge < -0.3 is 4.74 Å². The minimum absolute atomic E-state index is 0.288. The quantitative estimate of drug-likeness (QED) is 0.670. The lowest BCUT2D eigenvalue weighted by atomic mass is 10.3. The summed E-state index contributed by atoms with van der Waals surface area (Å²) in [6.45, 7) is 0. The molecule has 19 heavy (non-hydrogen) atoms. The zero-order valence-corrected chi connectivity index (χ0v) is 10.8. The Labute approximate surface area is 112 Å². The standard InChI is InChI=1S/C13H9N3O2S/c1-18-13(17)10-5-4-9-12(16-10)19-11(15-9)8-3-2-6-14-7-8/h2-7H,1H3. The number of pyridine rings is 2. The maximum absolute atomic E-state index is 11.4. The lowest BCUT2D eigenvalue weighted by Gasteiger charge is -1.96. The SMILES string of the molecule is COC(=O)c1ccc2nc(-c3cccnc3)sc2n1. The molecule has 0 saturated carbocycles. The van der Waals surface area contributed by atoms with Crippen LogP contribution in [0.25, 0.3) is 20.9 Å².